The number of rotatable bonds is 7. The van der Waals surface area contributed by atoms with E-state index in [4.69, 9.17) is 4.74 Å². The molecule has 1 aromatic heterocycles. The third kappa shape index (κ3) is 9.80. The molecule has 1 aliphatic rings. The monoisotopic (exact) mass is 707 g/mol. The Kier molecular flexibility index (Phi) is 13.9. The number of ether oxygens (including phenoxy) is 2. The second-order valence-corrected chi connectivity index (χ2v) is 10.5. The van der Waals surface area contributed by atoms with Gasteiger partial charge in [0.05, 0.1) is 31.5 Å². The molecule has 4 rings (SSSR count). The van der Waals surface area contributed by atoms with Gasteiger partial charge in [-0.3, -0.25) is 14.4 Å². The molecule has 0 bridgehead atoms. The van der Waals surface area contributed by atoms with Gasteiger partial charge in [0, 0.05) is 18.4 Å². The molecule has 1 amide bonds. The van der Waals surface area contributed by atoms with Crippen molar-refractivity contribution in [3.8, 4) is 11.1 Å². The van der Waals surface area contributed by atoms with E-state index in [1.807, 2.05) is 31.4 Å². The summed E-state index contributed by atoms with van der Waals surface area (Å²) >= 11 is 0. The number of anilines is 1. The quantitative estimate of drug-likeness (QED) is 0.197. The molecule has 0 radical (unpaired) electrons. The number of aromatic nitrogens is 1. The largest absolute Gasteiger partial charge is 0.468 e. The van der Waals surface area contributed by atoms with Crippen LogP contribution in [0.25, 0.3) is 11.1 Å². The van der Waals surface area contributed by atoms with E-state index in [9.17, 15) is 49.5 Å². The number of benzene rings is 2. The van der Waals surface area contributed by atoms with Crippen LogP contribution < -0.4 is 16.2 Å². The Bertz CT molecular complexity index is 1700. The van der Waals surface area contributed by atoms with Crippen LogP contribution in [-0.2, 0) is 40.7 Å². The molecule has 2 N–H and O–H groups in total. The SMILES string of the molecule is CC.CCC(Nc1cc(F)c(C(=O)NCC(=O)OC)c(F)c1)C(F)(F)F.Cc1ccc(-c2c(C(F)(F)F)cc(C)n(C)c2=O)c2c1COC2. The molecule has 0 aliphatic carbocycles. The van der Waals surface area contributed by atoms with Crippen LogP contribution >= 0.6 is 0 Å². The van der Waals surface area contributed by atoms with Gasteiger partial charge >= 0.3 is 18.3 Å². The lowest BCUT2D eigenvalue weighted by atomic mass is 9.92. The van der Waals surface area contributed by atoms with Crippen LogP contribution in [0.2, 0.25) is 0 Å². The summed E-state index contributed by atoms with van der Waals surface area (Å²) in [6, 6.07) is 3.51. The van der Waals surface area contributed by atoms with Crippen molar-refractivity contribution in [3.05, 3.63) is 85.8 Å². The molecule has 8 nitrogen and oxygen atoms in total. The van der Waals surface area contributed by atoms with Gasteiger partial charge in [-0.2, -0.15) is 26.3 Å². The highest BCUT2D eigenvalue weighted by molar-refractivity contribution is 5.96. The third-order valence-corrected chi connectivity index (χ3v) is 7.44. The highest BCUT2D eigenvalue weighted by Gasteiger charge is 2.39. The van der Waals surface area contributed by atoms with Crippen molar-refractivity contribution < 1.29 is 54.2 Å². The average Bonchev–Trinajstić information content (AvgIpc) is 3.53. The third-order valence-electron chi connectivity index (χ3n) is 7.44. The summed E-state index contributed by atoms with van der Waals surface area (Å²) < 4.78 is 117. The van der Waals surface area contributed by atoms with Gasteiger partial charge in [-0.05, 0) is 60.7 Å². The Balaban J connectivity index is 0.000000324. The highest BCUT2D eigenvalue weighted by Crippen LogP contribution is 2.39. The van der Waals surface area contributed by atoms with Crippen molar-refractivity contribution in [3.63, 3.8) is 0 Å². The number of pyridine rings is 1. The number of hydrogen-bond donors (Lipinski definition) is 2. The zero-order valence-electron chi connectivity index (χ0n) is 27.8. The second kappa shape index (κ2) is 16.8. The van der Waals surface area contributed by atoms with E-state index >= 15 is 0 Å². The van der Waals surface area contributed by atoms with Crippen molar-refractivity contribution in [1.29, 1.82) is 0 Å². The summed E-state index contributed by atoms with van der Waals surface area (Å²) in [6.45, 7) is 8.61. The number of carbonyl (C=O) groups is 2. The smallest absolute Gasteiger partial charge is 0.417 e. The molecular formula is C33H37F8N3O5. The predicted molar refractivity (Wildman–Crippen MR) is 166 cm³/mol. The van der Waals surface area contributed by atoms with Gasteiger partial charge in [0.2, 0.25) is 0 Å². The fourth-order valence-electron chi connectivity index (χ4n) is 4.77. The molecule has 2 aromatic carbocycles. The van der Waals surface area contributed by atoms with Gasteiger partial charge in [0.15, 0.2) is 0 Å². The zero-order valence-corrected chi connectivity index (χ0v) is 27.8. The number of hydrogen-bond acceptors (Lipinski definition) is 6. The summed E-state index contributed by atoms with van der Waals surface area (Å²) in [4.78, 5) is 35.1. The summed E-state index contributed by atoms with van der Waals surface area (Å²) in [5.41, 5.74) is -0.211. The zero-order chi connectivity index (χ0) is 37.4. The number of esters is 1. The van der Waals surface area contributed by atoms with E-state index in [1.54, 1.807) is 12.1 Å². The van der Waals surface area contributed by atoms with Crippen LogP contribution in [0.3, 0.4) is 0 Å². The van der Waals surface area contributed by atoms with E-state index in [-0.39, 0.29) is 24.3 Å². The maximum absolute atomic E-state index is 13.9. The first-order valence-electron chi connectivity index (χ1n) is 15.0. The van der Waals surface area contributed by atoms with Crippen LogP contribution in [0, 0.1) is 25.5 Å². The van der Waals surface area contributed by atoms with Crippen molar-refractivity contribution in [2.75, 3.05) is 19.0 Å². The molecule has 3 aromatic rings. The minimum atomic E-state index is -4.60. The van der Waals surface area contributed by atoms with Crippen molar-refractivity contribution in [2.24, 2.45) is 7.05 Å². The minimum Gasteiger partial charge on any atom is -0.468 e. The fourth-order valence-corrected chi connectivity index (χ4v) is 4.77. The Morgan fingerprint density at radius 3 is 2.06 bits per heavy atom. The minimum absolute atomic E-state index is 0.223. The molecule has 270 valence electrons. The van der Waals surface area contributed by atoms with Crippen molar-refractivity contribution in [1.82, 2.24) is 9.88 Å². The maximum Gasteiger partial charge on any atom is 0.417 e. The second-order valence-electron chi connectivity index (χ2n) is 10.5. The molecule has 16 heteroatoms. The summed E-state index contributed by atoms with van der Waals surface area (Å²) in [7, 11) is 2.53. The van der Waals surface area contributed by atoms with Crippen LogP contribution in [0.4, 0.5) is 40.8 Å². The number of amides is 1. The standard InChI is InChI=1S/C17H16F3NO2.C14H15F5N2O3.C2H6/c1-9-4-5-11(13-8-23-7-12(9)13)15-14(17(18,19)20)6-10(2)21(3)16(15)22;1-3-10(14(17,18)19)21-7-4-8(15)12(9(16)5-7)13(23)20-6-11(22)24-2;1-2/h4-6H,7-8H2,1-3H3;4-5,10,21H,3,6H2,1-2H3,(H,20,23);1-2H3. The van der Waals surface area contributed by atoms with Gasteiger partial charge < -0.3 is 24.7 Å². The number of carbonyl (C=O) groups excluding carboxylic acids is 2. The molecule has 49 heavy (non-hydrogen) atoms. The van der Waals surface area contributed by atoms with E-state index in [2.05, 4.69) is 4.74 Å². The Morgan fingerprint density at radius 1 is 0.980 bits per heavy atom. The first-order chi connectivity index (χ1) is 22.8. The number of methoxy groups -OCH3 is 1. The van der Waals surface area contributed by atoms with Crippen molar-refractivity contribution >= 4 is 17.6 Å². The van der Waals surface area contributed by atoms with Gasteiger partial charge in [0.1, 0.15) is 29.8 Å². The summed E-state index contributed by atoms with van der Waals surface area (Å²) in [5, 5.41) is 3.90. The molecule has 0 spiro atoms. The first-order valence-corrected chi connectivity index (χ1v) is 15.0. The van der Waals surface area contributed by atoms with E-state index < -0.39 is 70.8 Å². The van der Waals surface area contributed by atoms with Gasteiger partial charge in [-0.25, -0.2) is 8.78 Å². The molecule has 1 atom stereocenters. The van der Waals surface area contributed by atoms with Crippen molar-refractivity contribution in [2.45, 2.75) is 72.6 Å². The van der Waals surface area contributed by atoms with E-state index in [1.165, 1.54) is 25.5 Å². The maximum atomic E-state index is 13.9. The summed E-state index contributed by atoms with van der Waals surface area (Å²) in [6.07, 6.45) is -9.54. The molecule has 0 saturated carbocycles. The highest BCUT2D eigenvalue weighted by atomic mass is 19.4. The fraction of sp³-hybridized carbons (Fsp3) is 0.424. The molecule has 0 saturated heterocycles. The lowest BCUT2D eigenvalue weighted by molar-refractivity contribution is -0.143. The number of nitrogens with one attached hydrogen (secondary N) is 2. The Hall–Kier alpha value is -4.47. The lowest BCUT2D eigenvalue weighted by Crippen LogP contribution is -2.35. The number of nitrogens with zero attached hydrogens (tertiary/aromatic N) is 1. The topological polar surface area (TPSA) is 98.7 Å². The van der Waals surface area contributed by atoms with E-state index in [0.717, 1.165) is 24.3 Å². The molecule has 0 fully saturated rings. The number of aryl methyl sites for hydroxylation is 2. The Labute approximate surface area is 277 Å². The molecule has 1 unspecified atom stereocenters. The normalized spacial score (nSPS) is 12.9. The van der Waals surface area contributed by atoms with Crippen LogP contribution in [0.5, 0.6) is 0 Å². The lowest BCUT2D eigenvalue weighted by Gasteiger charge is -2.21. The number of fused-ring (bicyclic) bond motifs is 1. The van der Waals surface area contributed by atoms with Gasteiger partial charge in [-0.1, -0.05) is 32.9 Å². The average molecular weight is 708 g/mol. The first kappa shape index (κ1) is 40.7. The Morgan fingerprint density at radius 2 is 1.55 bits per heavy atom. The number of alkyl halides is 6. The predicted octanol–water partition coefficient (Wildman–Crippen LogP) is 7.36. The summed E-state index contributed by atoms with van der Waals surface area (Å²) in [5.74, 6) is -4.79. The van der Waals surface area contributed by atoms with Gasteiger partial charge in [-0.15, -0.1) is 0 Å². The van der Waals surface area contributed by atoms with Crippen LogP contribution in [0.15, 0.2) is 35.1 Å². The van der Waals surface area contributed by atoms with E-state index in [0.29, 0.717) is 29.9 Å². The molecule has 1 aliphatic heterocycles. The molecule has 2 heterocycles. The molecular weight excluding hydrogens is 670 g/mol. The number of halogens is 8. The van der Waals surface area contributed by atoms with Crippen LogP contribution in [-0.4, -0.2) is 42.3 Å². The van der Waals surface area contributed by atoms with Gasteiger partial charge in [0.25, 0.3) is 11.5 Å². The van der Waals surface area contributed by atoms with Crippen LogP contribution in [0.1, 0.15) is 65.5 Å².